The topological polar surface area (TPSA) is 112 Å². The molecule has 0 bridgehead atoms. The van der Waals surface area contributed by atoms with Crippen LogP contribution >= 0.6 is 0 Å². The Kier molecular flexibility index (Phi) is 10.5. The highest BCUT2D eigenvalue weighted by molar-refractivity contribution is 5.91. The normalized spacial score (nSPS) is 12.9. The third kappa shape index (κ3) is 10.2. The Labute approximate surface area is 150 Å². The lowest BCUT2D eigenvalue weighted by molar-refractivity contribution is -0.221. The fourth-order valence-electron chi connectivity index (χ4n) is 0.718. The summed E-state index contributed by atoms with van der Waals surface area (Å²) in [6.07, 6.45) is -5.65. The van der Waals surface area contributed by atoms with E-state index in [-0.39, 0.29) is 5.78 Å². The lowest BCUT2D eigenvalue weighted by Crippen LogP contribution is -2.53. The van der Waals surface area contributed by atoms with E-state index in [0.717, 1.165) is 13.8 Å². The molecule has 162 valence electrons. The van der Waals surface area contributed by atoms with E-state index in [1.807, 2.05) is 0 Å². The fraction of sp³-hybridized carbons (Fsp3) is 0.786. The number of hydrogen-bond donors (Lipinski definition) is 3. The molecule has 0 amide bonds. The maximum atomic E-state index is 12.5. The van der Waals surface area contributed by atoms with E-state index in [9.17, 15) is 45.1 Å². The van der Waals surface area contributed by atoms with E-state index in [1.165, 1.54) is 13.8 Å². The SMILES string of the molecule is CC(C)(O)C(F)(F)C(=O)C(F)(F)F.CC(C)(O)C(F)(F)C(=O)O.CC(C)=O. The predicted octanol–water partition coefficient (Wildman–Crippen LogP) is 2.60. The maximum absolute atomic E-state index is 12.5. The third-order valence-corrected chi connectivity index (χ3v) is 2.35. The molecule has 6 nitrogen and oxygen atoms in total. The van der Waals surface area contributed by atoms with Gasteiger partial charge in [0.15, 0.2) is 0 Å². The molecule has 0 saturated heterocycles. The summed E-state index contributed by atoms with van der Waals surface area (Å²) in [5.41, 5.74) is -5.54. The van der Waals surface area contributed by atoms with E-state index in [2.05, 4.69) is 0 Å². The molecule has 0 aliphatic carbocycles. The van der Waals surface area contributed by atoms with Crippen LogP contribution in [-0.2, 0) is 14.4 Å². The molecule has 0 aliphatic rings. The minimum atomic E-state index is -5.65. The lowest BCUT2D eigenvalue weighted by atomic mass is 9.96. The van der Waals surface area contributed by atoms with Crippen molar-refractivity contribution in [2.45, 2.75) is 70.8 Å². The Morgan fingerprint density at radius 3 is 0.926 bits per heavy atom. The Balaban J connectivity index is -0.000000364. The number of halogens is 7. The van der Waals surface area contributed by atoms with Crippen molar-refractivity contribution in [2.24, 2.45) is 0 Å². The molecule has 0 spiro atoms. The summed E-state index contributed by atoms with van der Waals surface area (Å²) < 4.78 is 84.0. The molecule has 0 heterocycles. The molecule has 0 rings (SSSR count). The summed E-state index contributed by atoms with van der Waals surface area (Å²) in [5.74, 6) is -14.3. The summed E-state index contributed by atoms with van der Waals surface area (Å²) >= 11 is 0. The summed E-state index contributed by atoms with van der Waals surface area (Å²) in [6.45, 7) is 5.38. The minimum absolute atomic E-state index is 0.167. The molecule has 0 aromatic carbocycles. The largest absolute Gasteiger partial charge is 0.477 e. The molecule has 27 heavy (non-hydrogen) atoms. The van der Waals surface area contributed by atoms with E-state index in [1.54, 1.807) is 0 Å². The summed E-state index contributed by atoms with van der Waals surface area (Å²) in [6, 6.07) is 0. The first-order valence-corrected chi connectivity index (χ1v) is 6.86. The molecule has 3 N–H and O–H groups in total. The first kappa shape index (κ1) is 30.0. The zero-order valence-electron chi connectivity index (χ0n) is 15.2. The van der Waals surface area contributed by atoms with Gasteiger partial charge in [-0.2, -0.15) is 30.7 Å². The van der Waals surface area contributed by atoms with Crippen LogP contribution in [0.4, 0.5) is 30.7 Å². The quantitative estimate of drug-likeness (QED) is 0.605. The number of hydrogen-bond acceptors (Lipinski definition) is 5. The molecule has 0 aromatic heterocycles. The van der Waals surface area contributed by atoms with Gasteiger partial charge >= 0.3 is 29.8 Å². The van der Waals surface area contributed by atoms with E-state index in [4.69, 9.17) is 15.3 Å². The first-order chi connectivity index (χ1) is 11.3. The van der Waals surface area contributed by atoms with Crippen molar-refractivity contribution < 1.29 is 60.4 Å². The van der Waals surface area contributed by atoms with Gasteiger partial charge in [0.2, 0.25) is 0 Å². The standard InChI is InChI=1S/C6H7F5O2.C5H8F2O3.C3H6O/c1-4(2,13)5(7,8)3(12)6(9,10)11;1-4(2,10)5(6,7)3(8)9;1-3(2)4/h13H,1-2H3;10H,1-2H3,(H,8,9);1-2H3. The smallest absolute Gasteiger partial charge is 0.456 e. The number of carbonyl (C=O) groups excluding carboxylic acids is 2. The van der Waals surface area contributed by atoms with Gasteiger partial charge in [-0.15, -0.1) is 0 Å². The third-order valence-electron chi connectivity index (χ3n) is 2.35. The molecule has 0 aliphatic heterocycles. The zero-order valence-corrected chi connectivity index (χ0v) is 15.2. The highest BCUT2D eigenvalue weighted by Gasteiger charge is 2.62. The second-order valence-electron chi connectivity index (χ2n) is 6.31. The van der Waals surface area contributed by atoms with Crippen molar-refractivity contribution in [2.75, 3.05) is 0 Å². The molecular formula is C14H21F7O6. The fourth-order valence-corrected chi connectivity index (χ4v) is 0.718. The van der Waals surface area contributed by atoms with Crippen molar-refractivity contribution >= 4 is 17.5 Å². The molecule has 13 heteroatoms. The van der Waals surface area contributed by atoms with Gasteiger partial charge in [-0.05, 0) is 41.5 Å². The van der Waals surface area contributed by atoms with Crippen LogP contribution in [-0.4, -0.2) is 62.1 Å². The second-order valence-corrected chi connectivity index (χ2v) is 6.31. The van der Waals surface area contributed by atoms with Crippen molar-refractivity contribution in [1.29, 1.82) is 0 Å². The van der Waals surface area contributed by atoms with Gasteiger partial charge in [0.1, 0.15) is 17.0 Å². The molecule has 0 fully saturated rings. The molecule has 0 aromatic rings. The average Bonchev–Trinajstić information content (AvgIpc) is 2.33. The average molecular weight is 418 g/mol. The van der Waals surface area contributed by atoms with Gasteiger partial charge in [0, 0.05) is 0 Å². The number of Topliss-reactive ketones (excluding diaryl/α,β-unsaturated/α-hetero) is 2. The highest BCUT2D eigenvalue weighted by atomic mass is 19.4. The van der Waals surface area contributed by atoms with Crippen LogP contribution in [0.2, 0.25) is 0 Å². The van der Waals surface area contributed by atoms with Crippen LogP contribution in [0.5, 0.6) is 0 Å². The second kappa shape index (κ2) is 9.44. The minimum Gasteiger partial charge on any atom is -0.477 e. The number of carboxylic acid groups (broad SMARTS) is 1. The number of aliphatic hydroxyl groups is 2. The monoisotopic (exact) mass is 418 g/mol. The van der Waals surface area contributed by atoms with Gasteiger partial charge in [-0.25, -0.2) is 4.79 Å². The van der Waals surface area contributed by atoms with Crippen molar-refractivity contribution in [3.05, 3.63) is 0 Å². The number of carboxylic acids is 1. The maximum Gasteiger partial charge on any atom is 0.456 e. The molecule has 0 atom stereocenters. The van der Waals surface area contributed by atoms with Gasteiger partial charge in [0.05, 0.1) is 0 Å². The molecule has 0 radical (unpaired) electrons. The number of carbonyl (C=O) groups is 3. The lowest BCUT2D eigenvalue weighted by Gasteiger charge is -2.27. The van der Waals surface area contributed by atoms with Crippen molar-refractivity contribution in [1.82, 2.24) is 0 Å². The van der Waals surface area contributed by atoms with Crippen LogP contribution in [0.1, 0.15) is 41.5 Å². The highest BCUT2D eigenvalue weighted by Crippen LogP contribution is 2.35. The van der Waals surface area contributed by atoms with Gasteiger partial charge < -0.3 is 20.1 Å². The zero-order chi connectivity index (χ0) is 23.2. The number of aliphatic carboxylic acids is 1. The van der Waals surface area contributed by atoms with Gasteiger partial charge in [-0.1, -0.05) is 0 Å². The molecule has 0 unspecified atom stereocenters. The Bertz CT molecular complexity index is 524. The summed E-state index contributed by atoms with van der Waals surface area (Å²) in [4.78, 5) is 29.3. The Hall–Kier alpha value is -1.76. The van der Waals surface area contributed by atoms with Crippen molar-refractivity contribution in [3.8, 4) is 0 Å². The number of ketones is 2. The molecular weight excluding hydrogens is 397 g/mol. The predicted molar refractivity (Wildman–Crippen MR) is 77.5 cm³/mol. The van der Waals surface area contributed by atoms with Crippen LogP contribution in [0, 0.1) is 0 Å². The van der Waals surface area contributed by atoms with Crippen LogP contribution in [0.25, 0.3) is 0 Å². The number of rotatable bonds is 4. The summed E-state index contributed by atoms with van der Waals surface area (Å²) in [7, 11) is 0. The summed E-state index contributed by atoms with van der Waals surface area (Å²) in [5, 5.41) is 25.1. The van der Waals surface area contributed by atoms with Crippen LogP contribution in [0.3, 0.4) is 0 Å². The van der Waals surface area contributed by atoms with Crippen LogP contribution < -0.4 is 0 Å². The van der Waals surface area contributed by atoms with E-state index in [0.29, 0.717) is 13.8 Å². The van der Waals surface area contributed by atoms with E-state index < -0.39 is 41.0 Å². The van der Waals surface area contributed by atoms with E-state index >= 15 is 0 Å². The van der Waals surface area contributed by atoms with Crippen LogP contribution in [0.15, 0.2) is 0 Å². The van der Waals surface area contributed by atoms with Gasteiger partial charge in [0.25, 0.3) is 0 Å². The Morgan fingerprint density at radius 1 is 0.667 bits per heavy atom. The Morgan fingerprint density at radius 2 is 0.889 bits per heavy atom. The molecule has 0 saturated carbocycles. The van der Waals surface area contributed by atoms with Gasteiger partial charge in [-0.3, -0.25) is 4.79 Å². The van der Waals surface area contributed by atoms with Crippen molar-refractivity contribution in [3.63, 3.8) is 0 Å². The number of alkyl halides is 7. The first-order valence-electron chi connectivity index (χ1n) is 6.86.